The number of aliphatic carboxylic acids is 1. The molecule has 0 atom stereocenters. The second kappa shape index (κ2) is 6.95. The van der Waals surface area contributed by atoms with Gasteiger partial charge in [-0.05, 0) is 29.8 Å². The second-order valence-corrected chi connectivity index (χ2v) is 4.91. The van der Waals surface area contributed by atoms with Crippen molar-refractivity contribution in [2.24, 2.45) is 7.05 Å². The second-order valence-electron chi connectivity index (χ2n) is 4.47. The lowest BCUT2D eigenvalue weighted by Gasteiger charge is -2.09. The number of carbonyl (C=O) groups is 1. The highest BCUT2D eigenvalue weighted by Crippen LogP contribution is 2.24. The van der Waals surface area contributed by atoms with Crippen LogP contribution in [-0.4, -0.2) is 27.5 Å². The van der Waals surface area contributed by atoms with Crippen LogP contribution in [0.3, 0.4) is 0 Å². The zero-order valence-corrected chi connectivity index (χ0v) is 12.2. The van der Waals surface area contributed by atoms with Crippen molar-refractivity contribution in [2.75, 3.05) is 6.61 Å². The van der Waals surface area contributed by atoms with Gasteiger partial charge in [0.25, 0.3) is 0 Å². The molecule has 2 rings (SSSR count). The van der Waals surface area contributed by atoms with Gasteiger partial charge in [0.2, 0.25) is 0 Å². The fourth-order valence-corrected chi connectivity index (χ4v) is 2.00. The summed E-state index contributed by atoms with van der Waals surface area (Å²) < 4.78 is 7.43. The first-order chi connectivity index (χ1) is 10.0. The standard InChI is InChI=1S/C15H15ClN2O3/c1-18-10-11(9-17-18)6-7-21-14-4-3-13(16)8-12(14)2-5-15(19)20/h2-5,8-10H,6-7H2,1H3,(H,19,20)/b5-2+. The van der Waals surface area contributed by atoms with Crippen LogP contribution in [0.15, 0.2) is 36.7 Å². The summed E-state index contributed by atoms with van der Waals surface area (Å²) in [7, 11) is 1.86. The first-order valence-corrected chi connectivity index (χ1v) is 6.73. The van der Waals surface area contributed by atoms with Gasteiger partial charge in [-0.3, -0.25) is 4.68 Å². The zero-order chi connectivity index (χ0) is 15.2. The fourth-order valence-electron chi connectivity index (χ4n) is 1.82. The van der Waals surface area contributed by atoms with Crippen molar-refractivity contribution in [1.29, 1.82) is 0 Å². The third-order valence-electron chi connectivity index (χ3n) is 2.78. The van der Waals surface area contributed by atoms with E-state index in [0.29, 0.717) is 22.9 Å². The average molecular weight is 307 g/mol. The summed E-state index contributed by atoms with van der Waals surface area (Å²) in [6, 6.07) is 5.10. The first-order valence-electron chi connectivity index (χ1n) is 6.35. The Morgan fingerprint density at radius 3 is 3.00 bits per heavy atom. The number of nitrogens with zero attached hydrogens (tertiary/aromatic N) is 2. The highest BCUT2D eigenvalue weighted by atomic mass is 35.5. The van der Waals surface area contributed by atoms with E-state index in [0.717, 1.165) is 18.1 Å². The van der Waals surface area contributed by atoms with Crippen LogP contribution in [0.2, 0.25) is 5.02 Å². The summed E-state index contributed by atoms with van der Waals surface area (Å²) in [6.07, 6.45) is 6.96. The lowest BCUT2D eigenvalue weighted by Crippen LogP contribution is -2.02. The van der Waals surface area contributed by atoms with Crippen LogP contribution in [0.1, 0.15) is 11.1 Å². The molecule has 1 aromatic carbocycles. The van der Waals surface area contributed by atoms with Gasteiger partial charge in [-0.15, -0.1) is 0 Å². The summed E-state index contributed by atoms with van der Waals surface area (Å²) >= 11 is 5.92. The van der Waals surface area contributed by atoms with E-state index in [2.05, 4.69) is 5.10 Å². The molecule has 2 aromatic rings. The topological polar surface area (TPSA) is 64.3 Å². The largest absolute Gasteiger partial charge is 0.493 e. The van der Waals surface area contributed by atoms with Gasteiger partial charge in [0, 0.05) is 36.3 Å². The smallest absolute Gasteiger partial charge is 0.328 e. The maximum absolute atomic E-state index is 10.6. The highest BCUT2D eigenvalue weighted by molar-refractivity contribution is 6.30. The maximum atomic E-state index is 10.6. The summed E-state index contributed by atoms with van der Waals surface area (Å²) in [5.74, 6) is -0.419. The van der Waals surface area contributed by atoms with Gasteiger partial charge < -0.3 is 9.84 Å². The van der Waals surface area contributed by atoms with Crippen LogP contribution < -0.4 is 4.74 Å². The monoisotopic (exact) mass is 306 g/mol. The molecule has 21 heavy (non-hydrogen) atoms. The molecule has 0 unspecified atom stereocenters. The number of carboxylic acids is 1. The molecule has 5 nitrogen and oxygen atoms in total. The number of halogens is 1. The van der Waals surface area contributed by atoms with Gasteiger partial charge in [-0.1, -0.05) is 11.6 Å². The predicted molar refractivity (Wildman–Crippen MR) is 80.5 cm³/mol. The summed E-state index contributed by atoms with van der Waals surface area (Å²) in [4.78, 5) is 10.6. The minimum atomic E-state index is -1.02. The Morgan fingerprint density at radius 2 is 2.33 bits per heavy atom. The number of ether oxygens (including phenoxy) is 1. The Kier molecular flexibility index (Phi) is 5.00. The van der Waals surface area contributed by atoms with Crippen LogP contribution >= 0.6 is 11.6 Å². The summed E-state index contributed by atoms with van der Waals surface area (Å²) in [5.41, 5.74) is 1.71. The van der Waals surface area contributed by atoms with E-state index in [1.54, 1.807) is 29.1 Å². The number of aromatic nitrogens is 2. The molecule has 0 radical (unpaired) electrons. The number of hydrogen-bond acceptors (Lipinski definition) is 3. The van der Waals surface area contributed by atoms with Gasteiger partial charge in [-0.25, -0.2) is 4.79 Å². The predicted octanol–water partition coefficient (Wildman–Crippen LogP) is 2.79. The van der Waals surface area contributed by atoms with E-state index in [-0.39, 0.29) is 0 Å². The first kappa shape index (κ1) is 15.1. The van der Waals surface area contributed by atoms with Crippen LogP contribution in [0.25, 0.3) is 6.08 Å². The van der Waals surface area contributed by atoms with E-state index in [9.17, 15) is 4.79 Å². The number of aryl methyl sites for hydroxylation is 1. The molecule has 0 aliphatic heterocycles. The molecular formula is C15H15ClN2O3. The lowest BCUT2D eigenvalue weighted by atomic mass is 10.2. The molecule has 0 aliphatic carbocycles. The normalized spacial score (nSPS) is 11.0. The molecule has 110 valence electrons. The number of rotatable bonds is 6. The van der Waals surface area contributed by atoms with Crippen molar-refractivity contribution < 1.29 is 14.6 Å². The Balaban J connectivity index is 2.03. The van der Waals surface area contributed by atoms with Crippen LogP contribution in [-0.2, 0) is 18.3 Å². The maximum Gasteiger partial charge on any atom is 0.328 e. The Bertz CT molecular complexity index is 665. The van der Waals surface area contributed by atoms with Crippen LogP contribution in [0.4, 0.5) is 0 Å². The van der Waals surface area contributed by atoms with E-state index in [1.807, 2.05) is 13.2 Å². The quantitative estimate of drug-likeness (QED) is 0.834. The molecule has 0 spiro atoms. The molecule has 0 amide bonds. The third-order valence-corrected chi connectivity index (χ3v) is 3.02. The van der Waals surface area contributed by atoms with E-state index >= 15 is 0 Å². The average Bonchev–Trinajstić information content (AvgIpc) is 2.84. The third kappa shape index (κ3) is 4.65. The Hall–Kier alpha value is -2.27. The fraction of sp³-hybridized carbons (Fsp3) is 0.200. The Morgan fingerprint density at radius 1 is 1.52 bits per heavy atom. The molecule has 0 saturated carbocycles. The molecule has 1 heterocycles. The molecule has 1 aromatic heterocycles. The molecule has 1 N–H and O–H groups in total. The van der Waals surface area contributed by atoms with Crippen LogP contribution in [0.5, 0.6) is 5.75 Å². The number of benzene rings is 1. The molecular weight excluding hydrogens is 292 g/mol. The number of carboxylic acid groups (broad SMARTS) is 1. The zero-order valence-electron chi connectivity index (χ0n) is 11.5. The molecule has 0 bridgehead atoms. The summed E-state index contributed by atoms with van der Waals surface area (Å²) in [6.45, 7) is 0.473. The number of hydrogen-bond donors (Lipinski definition) is 1. The van der Waals surface area contributed by atoms with Crippen molar-refractivity contribution in [2.45, 2.75) is 6.42 Å². The van der Waals surface area contributed by atoms with E-state index < -0.39 is 5.97 Å². The van der Waals surface area contributed by atoms with Crippen molar-refractivity contribution in [1.82, 2.24) is 9.78 Å². The van der Waals surface area contributed by atoms with Crippen molar-refractivity contribution in [3.05, 3.63) is 52.8 Å². The van der Waals surface area contributed by atoms with E-state index in [4.69, 9.17) is 21.4 Å². The van der Waals surface area contributed by atoms with Gasteiger partial charge in [0.05, 0.1) is 12.8 Å². The molecule has 0 saturated heterocycles. The van der Waals surface area contributed by atoms with Crippen molar-refractivity contribution >= 4 is 23.6 Å². The van der Waals surface area contributed by atoms with Gasteiger partial charge >= 0.3 is 5.97 Å². The lowest BCUT2D eigenvalue weighted by molar-refractivity contribution is -0.131. The SMILES string of the molecule is Cn1cc(CCOc2ccc(Cl)cc2/C=C/C(=O)O)cn1. The van der Waals surface area contributed by atoms with Gasteiger partial charge in [0.15, 0.2) is 0 Å². The Labute approximate surface area is 127 Å². The van der Waals surface area contributed by atoms with Crippen LogP contribution in [0, 0.1) is 0 Å². The van der Waals surface area contributed by atoms with Gasteiger partial charge in [0.1, 0.15) is 5.75 Å². The molecule has 6 heteroatoms. The highest BCUT2D eigenvalue weighted by Gasteiger charge is 2.04. The molecule has 0 fully saturated rings. The molecule has 0 aliphatic rings. The van der Waals surface area contributed by atoms with Gasteiger partial charge in [-0.2, -0.15) is 5.10 Å². The minimum Gasteiger partial charge on any atom is -0.493 e. The van der Waals surface area contributed by atoms with Crippen molar-refractivity contribution in [3.63, 3.8) is 0 Å². The summed E-state index contributed by atoms with van der Waals surface area (Å²) in [5, 5.41) is 13.3. The minimum absolute atomic E-state index is 0.473. The van der Waals surface area contributed by atoms with Crippen molar-refractivity contribution in [3.8, 4) is 5.75 Å². The van der Waals surface area contributed by atoms with E-state index in [1.165, 1.54) is 6.08 Å².